The number of halogens is 4. The fourth-order valence-corrected chi connectivity index (χ4v) is 2.42. The minimum Gasteiger partial charge on any atom is -0.296 e. The van der Waals surface area contributed by atoms with Gasteiger partial charge < -0.3 is 0 Å². The normalized spacial score (nSPS) is 11.6. The van der Waals surface area contributed by atoms with Crippen molar-refractivity contribution in [2.75, 3.05) is 5.32 Å². The predicted molar refractivity (Wildman–Crippen MR) is 66.0 cm³/mol. The number of nitrogens with zero attached hydrogens (tertiary/aromatic N) is 3. The Hall–Kier alpha value is -1.42. The molecule has 2 aromatic heterocycles. The van der Waals surface area contributed by atoms with E-state index in [-0.39, 0.29) is 10.8 Å². The lowest BCUT2D eigenvalue weighted by Crippen LogP contribution is -2.12. The number of rotatable bonds is 2. The first-order valence-electron chi connectivity index (χ1n) is 4.81. The number of aryl methyl sites for hydroxylation is 1. The van der Waals surface area contributed by atoms with E-state index in [4.69, 9.17) is 0 Å². The second-order valence-electron chi connectivity index (χ2n) is 3.46. The molecule has 2 rings (SSSR count). The molecule has 1 N–H and O–H groups in total. The van der Waals surface area contributed by atoms with E-state index >= 15 is 0 Å². The molecule has 19 heavy (non-hydrogen) atoms. The molecule has 0 unspecified atom stereocenters. The maximum absolute atomic E-state index is 12.5. The molecule has 0 radical (unpaired) electrons. The first-order valence-corrected chi connectivity index (χ1v) is 6.42. The molecular weight excluding hydrogens is 349 g/mol. The SMILES string of the molecule is Cn1nc(C(=O)Nc2ncc(Br)s2)cc1C(F)(F)F. The zero-order valence-corrected chi connectivity index (χ0v) is 11.7. The highest BCUT2D eigenvalue weighted by Crippen LogP contribution is 2.29. The van der Waals surface area contributed by atoms with Crippen molar-refractivity contribution in [3.8, 4) is 0 Å². The van der Waals surface area contributed by atoms with Gasteiger partial charge in [0.05, 0.1) is 9.98 Å². The number of hydrogen-bond acceptors (Lipinski definition) is 4. The smallest absolute Gasteiger partial charge is 0.296 e. The molecule has 0 atom stereocenters. The number of amides is 1. The molecule has 0 aliphatic carbocycles. The van der Waals surface area contributed by atoms with Crippen LogP contribution >= 0.6 is 27.3 Å². The Labute approximate surface area is 117 Å². The van der Waals surface area contributed by atoms with Gasteiger partial charge in [0, 0.05) is 13.1 Å². The minimum absolute atomic E-state index is 0.274. The lowest BCUT2D eigenvalue weighted by Gasteiger charge is -2.04. The number of hydrogen-bond donors (Lipinski definition) is 1. The van der Waals surface area contributed by atoms with Gasteiger partial charge in [0.25, 0.3) is 5.91 Å². The second kappa shape index (κ2) is 4.93. The Kier molecular flexibility index (Phi) is 3.63. The molecule has 0 saturated heterocycles. The molecule has 0 spiro atoms. The molecular formula is C9H6BrF3N4OS. The van der Waals surface area contributed by atoms with Crippen molar-refractivity contribution in [3.63, 3.8) is 0 Å². The van der Waals surface area contributed by atoms with E-state index in [1.807, 2.05) is 0 Å². The Morgan fingerprint density at radius 2 is 2.21 bits per heavy atom. The summed E-state index contributed by atoms with van der Waals surface area (Å²) in [6.45, 7) is 0. The number of nitrogens with one attached hydrogen (secondary N) is 1. The number of aromatic nitrogens is 3. The average Bonchev–Trinajstić information content (AvgIpc) is 2.84. The van der Waals surface area contributed by atoms with Gasteiger partial charge in [-0.2, -0.15) is 18.3 Å². The summed E-state index contributed by atoms with van der Waals surface area (Å²) >= 11 is 4.30. The van der Waals surface area contributed by atoms with E-state index in [0.29, 0.717) is 14.5 Å². The van der Waals surface area contributed by atoms with E-state index in [1.54, 1.807) is 0 Å². The van der Waals surface area contributed by atoms with Crippen LogP contribution in [0, 0.1) is 0 Å². The number of carbonyl (C=O) groups is 1. The Morgan fingerprint density at radius 1 is 1.53 bits per heavy atom. The molecule has 2 aromatic rings. The highest BCUT2D eigenvalue weighted by Gasteiger charge is 2.35. The standard InChI is InChI=1S/C9H6BrF3N4OS/c1-17-5(9(11,12)13)2-4(16-17)7(18)15-8-14-3-6(10)19-8/h2-3H,1H3,(H,14,15,18). The minimum atomic E-state index is -4.55. The average molecular weight is 355 g/mol. The van der Waals surface area contributed by atoms with E-state index in [1.165, 1.54) is 6.20 Å². The van der Waals surface area contributed by atoms with Crippen LogP contribution in [0.5, 0.6) is 0 Å². The summed E-state index contributed by atoms with van der Waals surface area (Å²) in [7, 11) is 1.12. The third-order valence-corrected chi connectivity index (χ3v) is 3.49. The van der Waals surface area contributed by atoms with Gasteiger partial charge in [-0.25, -0.2) is 4.98 Å². The molecule has 0 bridgehead atoms. The van der Waals surface area contributed by atoms with Crippen LogP contribution in [0.25, 0.3) is 0 Å². The van der Waals surface area contributed by atoms with Crippen molar-refractivity contribution in [2.24, 2.45) is 7.05 Å². The Morgan fingerprint density at radius 3 is 2.68 bits per heavy atom. The van der Waals surface area contributed by atoms with Crippen molar-refractivity contribution in [3.05, 3.63) is 27.4 Å². The van der Waals surface area contributed by atoms with Gasteiger partial charge in [0.2, 0.25) is 0 Å². The van der Waals surface area contributed by atoms with Gasteiger partial charge in [-0.05, 0) is 15.9 Å². The van der Waals surface area contributed by atoms with Crippen LogP contribution < -0.4 is 5.32 Å². The summed E-state index contributed by atoms with van der Waals surface area (Å²) in [4.78, 5) is 15.6. The topological polar surface area (TPSA) is 59.8 Å². The van der Waals surface area contributed by atoms with Crippen molar-refractivity contribution in [1.82, 2.24) is 14.8 Å². The maximum atomic E-state index is 12.5. The Bertz CT molecular complexity index is 621. The second-order valence-corrected chi connectivity index (χ2v) is 5.87. The summed E-state index contributed by atoms with van der Waals surface area (Å²) in [6, 6.07) is 0.692. The summed E-state index contributed by atoms with van der Waals surface area (Å²) in [5.74, 6) is -0.743. The fraction of sp³-hybridized carbons (Fsp3) is 0.222. The lowest BCUT2D eigenvalue weighted by molar-refractivity contribution is -0.143. The van der Waals surface area contributed by atoms with E-state index in [0.717, 1.165) is 18.4 Å². The highest BCUT2D eigenvalue weighted by molar-refractivity contribution is 9.11. The number of anilines is 1. The summed E-state index contributed by atoms with van der Waals surface area (Å²) < 4.78 is 39.0. The highest BCUT2D eigenvalue weighted by atomic mass is 79.9. The van der Waals surface area contributed by atoms with Crippen molar-refractivity contribution in [2.45, 2.75) is 6.18 Å². The zero-order valence-electron chi connectivity index (χ0n) is 9.32. The number of thiazole rings is 1. The monoisotopic (exact) mass is 354 g/mol. The quantitative estimate of drug-likeness (QED) is 0.901. The van der Waals surface area contributed by atoms with Crippen LogP contribution in [0.3, 0.4) is 0 Å². The summed E-state index contributed by atoms with van der Waals surface area (Å²) in [5.41, 5.74) is -1.31. The van der Waals surface area contributed by atoms with Gasteiger partial charge in [-0.3, -0.25) is 14.8 Å². The van der Waals surface area contributed by atoms with Gasteiger partial charge in [-0.1, -0.05) is 11.3 Å². The van der Waals surface area contributed by atoms with Gasteiger partial charge >= 0.3 is 6.18 Å². The number of alkyl halides is 3. The predicted octanol–water partition coefficient (Wildman–Crippen LogP) is 2.91. The van der Waals surface area contributed by atoms with Crippen LogP contribution in [0.1, 0.15) is 16.2 Å². The van der Waals surface area contributed by atoms with Gasteiger partial charge in [-0.15, -0.1) is 0 Å². The molecule has 0 aromatic carbocycles. The van der Waals surface area contributed by atoms with Gasteiger partial charge in [0.1, 0.15) is 5.69 Å². The molecule has 5 nitrogen and oxygen atoms in total. The third kappa shape index (κ3) is 3.13. The molecule has 1 amide bonds. The molecule has 102 valence electrons. The molecule has 10 heteroatoms. The van der Waals surface area contributed by atoms with E-state index < -0.39 is 17.8 Å². The molecule has 0 aliphatic rings. The summed E-state index contributed by atoms with van der Waals surface area (Å²) in [6.07, 6.45) is -3.08. The van der Waals surface area contributed by atoms with E-state index in [9.17, 15) is 18.0 Å². The third-order valence-electron chi connectivity index (χ3n) is 2.10. The lowest BCUT2D eigenvalue weighted by atomic mass is 10.3. The van der Waals surface area contributed by atoms with E-state index in [2.05, 4.69) is 31.3 Å². The maximum Gasteiger partial charge on any atom is 0.433 e. The van der Waals surface area contributed by atoms with Crippen molar-refractivity contribution < 1.29 is 18.0 Å². The molecule has 2 heterocycles. The molecule has 0 saturated carbocycles. The molecule has 0 aliphatic heterocycles. The van der Waals surface area contributed by atoms with Crippen molar-refractivity contribution in [1.29, 1.82) is 0 Å². The van der Waals surface area contributed by atoms with Crippen LogP contribution in [0.15, 0.2) is 16.0 Å². The Balaban J connectivity index is 2.21. The molecule has 0 fully saturated rings. The largest absolute Gasteiger partial charge is 0.433 e. The van der Waals surface area contributed by atoms with Crippen LogP contribution in [0.2, 0.25) is 0 Å². The number of carbonyl (C=O) groups excluding carboxylic acids is 1. The zero-order chi connectivity index (χ0) is 14.2. The van der Waals surface area contributed by atoms with Crippen LogP contribution in [0.4, 0.5) is 18.3 Å². The van der Waals surface area contributed by atoms with Crippen LogP contribution in [-0.2, 0) is 13.2 Å². The van der Waals surface area contributed by atoms with Gasteiger partial charge in [0.15, 0.2) is 10.8 Å². The van der Waals surface area contributed by atoms with Crippen molar-refractivity contribution >= 4 is 38.3 Å². The fourth-order valence-electron chi connectivity index (χ4n) is 1.32. The first-order chi connectivity index (χ1) is 8.77. The first kappa shape index (κ1) is 14.0. The van der Waals surface area contributed by atoms with Crippen LogP contribution in [-0.4, -0.2) is 20.7 Å². The summed E-state index contributed by atoms with van der Waals surface area (Å²) in [5, 5.41) is 6.17.